The Morgan fingerprint density at radius 3 is 2.62 bits per heavy atom. The normalized spacial score (nSPS) is 12.1. The van der Waals surface area contributed by atoms with E-state index in [1.165, 1.54) is 18.3 Å². The molecule has 7 heteroatoms. The van der Waals surface area contributed by atoms with E-state index in [9.17, 15) is 14.0 Å². The van der Waals surface area contributed by atoms with Crippen molar-refractivity contribution in [1.82, 2.24) is 9.38 Å². The van der Waals surface area contributed by atoms with E-state index in [4.69, 9.17) is 10.5 Å². The van der Waals surface area contributed by atoms with Gasteiger partial charge in [-0.05, 0) is 36.8 Å². The maximum Gasteiger partial charge on any atom is 0.359 e. The molecule has 1 unspecified atom stereocenters. The number of hydrogen-bond acceptors (Lipinski definition) is 4. The Labute approximate surface area is 136 Å². The molecule has 1 amide bonds. The average molecular weight is 327 g/mol. The Morgan fingerprint density at radius 1 is 1.25 bits per heavy atom. The molecule has 0 aliphatic heterocycles. The predicted molar refractivity (Wildman–Crippen MR) is 83.7 cm³/mol. The summed E-state index contributed by atoms with van der Waals surface area (Å²) in [7, 11) is 0. The minimum Gasteiger partial charge on any atom is -0.443 e. The first kappa shape index (κ1) is 15.7. The SMILES string of the molecule is Cc1ccn2cc(C(=O)OC(C(N)=O)c3ccc(F)cc3)nc2c1. The molecule has 24 heavy (non-hydrogen) atoms. The van der Waals surface area contributed by atoms with E-state index in [0.717, 1.165) is 17.7 Å². The first-order chi connectivity index (χ1) is 11.4. The topological polar surface area (TPSA) is 86.7 Å². The fraction of sp³-hybridized carbons (Fsp3) is 0.118. The Hall–Kier alpha value is -3.22. The highest BCUT2D eigenvalue weighted by atomic mass is 19.1. The molecule has 3 aromatic rings. The Bertz CT molecular complexity index is 918. The number of nitrogens with two attached hydrogens (primary N) is 1. The number of fused-ring (bicyclic) bond motifs is 1. The number of hydrogen-bond donors (Lipinski definition) is 1. The van der Waals surface area contributed by atoms with Gasteiger partial charge in [-0.1, -0.05) is 12.1 Å². The molecule has 1 aromatic carbocycles. The summed E-state index contributed by atoms with van der Waals surface area (Å²) in [6.07, 6.45) is 1.95. The molecule has 0 saturated carbocycles. The minimum absolute atomic E-state index is 0.0500. The number of carbonyl (C=O) groups excluding carboxylic acids is 2. The molecular weight excluding hydrogens is 313 g/mol. The molecule has 0 saturated heterocycles. The number of imidazole rings is 1. The number of amides is 1. The van der Waals surface area contributed by atoms with Crippen LogP contribution in [0.15, 0.2) is 48.8 Å². The predicted octanol–water partition coefficient (Wildman–Crippen LogP) is 2.17. The van der Waals surface area contributed by atoms with Crippen LogP contribution in [0.2, 0.25) is 0 Å². The van der Waals surface area contributed by atoms with Crippen LogP contribution >= 0.6 is 0 Å². The standard InChI is InChI=1S/C17H14FN3O3/c1-10-6-7-21-9-13(20-14(21)8-10)17(23)24-15(16(19)22)11-2-4-12(18)5-3-11/h2-9,15H,1H3,(H2,19,22). The van der Waals surface area contributed by atoms with Crippen LogP contribution in [-0.4, -0.2) is 21.3 Å². The molecule has 0 fully saturated rings. The number of aromatic nitrogens is 2. The van der Waals surface area contributed by atoms with Crippen LogP contribution in [0.25, 0.3) is 5.65 Å². The fourth-order valence-electron chi connectivity index (χ4n) is 2.28. The third-order valence-corrected chi connectivity index (χ3v) is 3.48. The summed E-state index contributed by atoms with van der Waals surface area (Å²) < 4.78 is 19.8. The van der Waals surface area contributed by atoms with E-state index >= 15 is 0 Å². The smallest absolute Gasteiger partial charge is 0.359 e. The average Bonchev–Trinajstić information content (AvgIpc) is 2.96. The molecular formula is C17H14FN3O3. The number of carbonyl (C=O) groups is 2. The Morgan fingerprint density at radius 2 is 1.96 bits per heavy atom. The minimum atomic E-state index is -1.32. The van der Waals surface area contributed by atoms with Crippen LogP contribution < -0.4 is 5.73 Å². The number of halogens is 1. The summed E-state index contributed by atoms with van der Waals surface area (Å²) in [5.74, 6) is -2.11. The third-order valence-electron chi connectivity index (χ3n) is 3.48. The number of primary amides is 1. The fourth-order valence-corrected chi connectivity index (χ4v) is 2.28. The number of rotatable bonds is 4. The van der Waals surface area contributed by atoms with E-state index < -0.39 is 23.8 Å². The molecule has 3 rings (SSSR count). The number of benzene rings is 1. The summed E-state index contributed by atoms with van der Waals surface area (Å²) in [5.41, 5.74) is 7.21. The summed E-state index contributed by atoms with van der Waals surface area (Å²) >= 11 is 0. The van der Waals surface area contributed by atoms with E-state index in [-0.39, 0.29) is 11.3 Å². The van der Waals surface area contributed by atoms with Crippen molar-refractivity contribution in [2.45, 2.75) is 13.0 Å². The maximum atomic E-state index is 13.0. The lowest BCUT2D eigenvalue weighted by molar-refractivity contribution is -0.127. The van der Waals surface area contributed by atoms with Crippen LogP contribution in [0, 0.1) is 12.7 Å². The van der Waals surface area contributed by atoms with Gasteiger partial charge in [-0.15, -0.1) is 0 Å². The van der Waals surface area contributed by atoms with Gasteiger partial charge in [0, 0.05) is 18.0 Å². The van der Waals surface area contributed by atoms with Gasteiger partial charge in [0.1, 0.15) is 11.5 Å². The second-order valence-electron chi connectivity index (χ2n) is 5.33. The van der Waals surface area contributed by atoms with Crippen molar-refractivity contribution in [2.24, 2.45) is 5.73 Å². The molecule has 1 atom stereocenters. The molecule has 0 aliphatic rings. The first-order valence-electron chi connectivity index (χ1n) is 7.15. The molecule has 0 spiro atoms. The van der Waals surface area contributed by atoms with Crippen LogP contribution in [0.3, 0.4) is 0 Å². The number of pyridine rings is 1. The number of nitrogens with zero attached hydrogens (tertiary/aromatic N) is 2. The van der Waals surface area contributed by atoms with E-state index in [2.05, 4.69) is 4.98 Å². The summed E-state index contributed by atoms with van der Waals surface area (Å²) in [6.45, 7) is 1.91. The van der Waals surface area contributed by atoms with Crippen LogP contribution in [0.1, 0.15) is 27.7 Å². The van der Waals surface area contributed by atoms with E-state index in [1.807, 2.05) is 19.1 Å². The molecule has 2 heterocycles. The lowest BCUT2D eigenvalue weighted by atomic mass is 10.1. The van der Waals surface area contributed by atoms with Crippen molar-refractivity contribution < 1.29 is 18.7 Å². The lowest BCUT2D eigenvalue weighted by Gasteiger charge is -2.14. The van der Waals surface area contributed by atoms with Gasteiger partial charge < -0.3 is 14.9 Å². The number of aryl methyl sites for hydroxylation is 1. The van der Waals surface area contributed by atoms with Crippen molar-refractivity contribution in [1.29, 1.82) is 0 Å². The van der Waals surface area contributed by atoms with E-state index in [0.29, 0.717) is 5.65 Å². The Balaban J connectivity index is 1.87. The van der Waals surface area contributed by atoms with Crippen molar-refractivity contribution in [3.63, 3.8) is 0 Å². The molecule has 122 valence electrons. The van der Waals surface area contributed by atoms with Gasteiger partial charge in [-0.2, -0.15) is 0 Å². The van der Waals surface area contributed by atoms with Crippen molar-refractivity contribution in [3.8, 4) is 0 Å². The van der Waals surface area contributed by atoms with Gasteiger partial charge in [0.15, 0.2) is 5.69 Å². The quantitative estimate of drug-likeness (QED) is 0.744. The van der Waals surface area contributed by atoms with Gasteiger partial charge in [0.2, 0.25) is 6.10 Å². The largest absolute Gasteiger partial charge is 0.443 e. The van der Waals surface area contributed by atoms with Crippen molar-refractivity contribution in [2.75, 3.05) is 0 Å². The zero-order valence-electron chi connectivity index (χ0n) is 12.8. The third kappa shape index (κ3) is 3.10. The molecule has 6 nitrogen and oxygen atoms in total. The molecule has 2 N–H and O–H groups in total. The second-order valence-corrected chi connectivity index (χ2v) is 5.33. The maximum absolute atomic E-state index is 13.0. The second kappa shape index (κ2) is 6.11. The molecule has 0 aliphatic carbocycles. The molecule has 0 bridgehead atoms. The van der Waals surface area contributed by atoms with Gasteiger partial charge in [0.05, 0.1) is 0 Å². The monoisotopic (exact) mass is 327 g/mol. The van der Waals surface area contributed by atoms with Gasteiger partial charge in [-0.25, -0.2) is 14.2 Å². The zero-order chi connectivity index (χ0) is 17.3. The van der Waals surface area contributed by atoms with E-state index in [1.54, 1.807) is 10.6 Å². The van der Waals surface area contributed by atoms with Gasteiger partial charge in [0.25, 0.3) is 5.91 Å². The summed E-state index contributed by atoms with van der Waals surface area (Å²) in [5, 5.41) is 0. The summed E-state index contributed by atoms with van der Waals surface area (Å²) in [4.78, 5) is 28.0. The zero-order valence-corrected chi connectivity index (χ0v) is 12.8. The van der Waals surface area contributed by atoms with Gasteiger partial charge >= 0.3 is 5.97 Å². The van der Waals surface area contributed by atoms with Crippen molar-refractivity contribution >= 4 is 17.5 Å². The number of ether oxygens (including phenoxy) is 1. The van der Waals surface area contributed by atoms with Crippen LogP contribution in [0.4, 0.5) is 4.39 Å². The molecule has 2 aromatic heterocycles. The van der Waals surface area contributed by atoms with Crippen molar-refractivity contribution in [3.05, 3.63) is 71.4 Å². The van der Waals surface area contributed by atoms with Crippen LogP contribution in [0.5, 0.6) is 0 Å². The van der Waals surface area contributed by atoms with Crippen LogP contribution in [-0.2, 0) is 9.53 Å². The summed E-state index contributed by atoms with van der Waals surface area (Å²) in [6, 6.07) is 8.67. The molecule has 0 radical (unpaired) electrons. The van der Waals surface area contributed by atoms with Gasteiger partial charge in [-0.3, -0.25) is 4.79 Å². The Kier molecular flexibility index (Phi) is 3.99. The highest BCUT2D eigenvalue weighted by molar-refractivity contribution is 5.91. The first-order valence-corrected chi connectivity index (χ1v) is 7.15. The lowest BCUT2D eigenvalue weighted by Crippen LogP contribution is -2.26. The highest BCUT2D eigenvalue weighted by Crippen LogP contribution is 2.20. The highest BCUT2D eigenvalue weighted by Gasteiger charge is 2.24. The number of esters is 1.